The first-order valence-electron chi connectivity index (χ1n) is 20.3. The van der Waals surface area contributed by atoms with E-state index in [2.05, 4.69) is 27.7 Å². The van der Waals surface area contributed by atoms with Crippen LogP contribution in [0.2, 0.25) is 0 Å². The predicted molar refractivity (Wildman–Crippen MR) is 183 cm³/mol. The highest BCUT2D eigenvalue weighted by atomic mass is 16.8. The molecule has 52 heavy (non-hydrogen) atoms. The van der Waals surface area contributed by atoms with Gasteiger partial charge in [0.25, 0.3) is 0 Å². The lowest BCUT2D eigenvalue weighted by atomic mass is 9.44. The van der Waals surface area contributed by atoms with Crippen molar-refractivity contribution in [2.75, 3.05) is 19.8 Å². The third kappa shape index (κ3) is 5.98. The van der Waals surface area contributed by atoms with Gasteiger partial charge in [0.15, 0.2) is 18.4 Å². The number of fused-ring (bicyclic) bond motifs is 7. The molecule has 8 fully saturated rings. The topological polar surface area (TPSA) is 197 Å². The van der Waals surface area contributed by atoms with Gasteiger partial charge in [-0.25, -0.2) is 0 Å². The second-order valence-corrected chi connectivity index (χ2v) is 18.7. The van der Waals surface area contributed by atoms with Crippen molar-refractivity contribution >= 4 is 0 Å². The van der Waals surface area contributed by atoms with Crippen molar-refractivity contribution in [3.05, 3.63) is 0 Å². The summed E-state index contributed by atoms with van der Waals surface area (Å²) in [5.41, 5.74) is 0.425. The van der Waals surface area contributed by atoms with Crippen LogP contribution in [0, 0.1) is 52.3 Å². The summed E-state index contributed by atoms with van der Waals surface area (Å²) in [6, 6.07) is 0. The Bertz CT molecular complexity index is 1260. The molecule has 8 rings (SSSR count). The van der Waals surface area contributed by atoms with Crippen LogP contribution in [0.5, 0.6) is 0 Å². The fourth-order valence-corrected chi connectivity index (χ4v) is 13.2. The Morgan fingerprint density at radius 2 is 1.37 bits per heavy atom. The van der Waals surface area contributed by atoms with Crippen LogP contribution in [0.1, 0.15) is 91.9 Å². The molecule has 4 aliphatic carbocycles. The van der Waals surface area contributed by atoms with Crippen LogP contribution in [-0.4, -0.2) is 135 Å². The monoisotopic (exact) mass is 740 g/mol. The summed E-state index contributed by atoms with van der Waals surface area (Å²) >= 11 is 0. The molecule has 4 aliphatic heterocycles. The molecule has 4 heterocycles. The number of aliphatic hydroxyl groups is 7. The van der Waals surface area contributed by atoms with E-state index in [9.17, 15) is 35.7 Å². The molecular weight excluding hydrogens is 676 g/mol. The molecule has 13 nitrogen and oxygen atoms in total. The molecule has 22 atom stereocenters. The number of ether oxygens (including phenoxy) is 6. The van der Waals surface area contributed by atoms with Gasteiger partial charge in [0, 0.05) is 12.3 Å². The molecule has 7 N–H and O–H groups in total. The van der Waals surface area contributed by atoms with E-state index in [1.54, 1.807) is 0 Å². The summed E-state index contributed by atoms with van der Waals surface area (Å²) in [5.74, 6) is 3.51. The molecule has 0 unspecified atom stereocenters. The summed E-state index contributed by atoms with van der Waals surface area (Å²) in [6.07, 6.45) is -3.88. The Labute approximate surface area is 307 Å². The molecule has 0 bridgehead atoms. The highest BCUT2D eigenvalue weighted by Gasteiger charge is 2.69. The van der Waals surface area contributed by atoms with Crippen LogP contribution in [0.25, 0.3) is 0 Å². The van der Waals surface area contributed by atoms with Crippen molar-refractivity contribution in [1.29, 1.82) is 0 Å². The normalized spacial score (nSPS) is 59.0. The van der Waals surface area contributed by atoms with Gasteiger partial charge in [0.05, 0.1) is 32.0 Å². The van der Waals surface area contributed by atoms with Gasteiger partial charge in [-0.1, -0.05) is 27.7 Å². The maximum absolute atomic E-state index is 11.1. The lowest BCUT2D eigenvalue weighted by molar-refractivity contribution is -0.373. The fraction of sp³-hybridized carbons (Fsp3) is 1.00. The SMILES string of the molecule is C[C@@H]1CC[C@@]2(OC1)O[C@H]1C[C@H]3[C@@H]4CC[C@@H]5C[C@@H](O[C@@H]6O[C@H](CO)[C@H](O)[C@H](O)[C@H]6O[C@@H]6O[C@H](CO)[C@@H](O)[C@H](O)[C@H]6O)CC[C@]5(C)[C@H]4CC[C@]3(C)[C@H]1[C@H]2C. The van der Waals surface area contributed by atoms with Crippen LogP contribution in [0.4, 0.5) is 0 Å². The van der Waals surface area contributed by atoms with Crippen molar-refractivity contribution in [3.8, 4) is 0 Å². The quantitative estimate of drug-likeness (QED) is 0.194. The summed E-state index contributed by atoms with van der Waals surface area (Å²) in [5, 5.41) is 72.7. The average molecular weight is 741 g/mol. The van der Waals surface area contributed by atoms with Crippen LogP contribution in [-0.2, 0) is 28.4 Å². The summed E-state index contributed by atoms with van der Waals surface area (Å²) in [4.78, 5) is 0. The number of aliphatic hydroxyl groups excluding tert-OH is 7. The summed E-state index contributed by atoms with van der Waals surface area (Å²) < 4.78 is 37.5. The maximum atomic E-state index is 11.1. The zero-order valence-electron chi connectivity index (χ0n) is 31.2. The fourth-order valence-electron chi connectivity index (χ4n) is 13.2. The largest absolute Gasteiger partial charge is 0.394 e. The first-order chi connectivity index (χ1) is 24.7. The van der Waals surface area contributed by atoms with Gasteiger partial charge >= 0.3 is 0 Å². The summed E-state index contributed by atoms with van der Waals surface area (Å²) in [6.45, 7) is 9.33. The van der Waals surface area contributed by atoms with Crippen molar-refractivity contribution in [2.24, 2.45) is 52.3 Å². The van der Waals surface area contributed by atoms with E-state index < -0.39 is 80.4 Å². The lowest BCUT2D eigenvalue weighted by Gasteiger charge is -2.61. The van der Waals surface area contributed by atoms with Crippen molar-refractivity contribution < 1.29 is 64.2 Å². The zero-order valence-corrected chi connectivity index (χ0v) is 31.2. The minimum Gasteiger partial charge on any atom is -0.394 e. The van der Waals surface area contributed by atoms with E-state index in [-0.39, 0.29) is 23.0 Å². The minimum absolute atomic E-state index is 0.168. The van der Waals surface area contributed by atoms with Gasteiger partial charge < -0.3 is 64.2 Å². The second kappa shape index (κ2) is 14.1. The Morgan fingerprint density at radius 1 is 0.673 bits per heavy atom. The Balaban J connectivity index is 0.942. The second-order valence-electron chi connectivity index (χ2n) is 18.7. The van der Waals surface area contributed by atoms with Crippen molar-refractivity contribution in [3.63, 3.8) is 0 Å². The number of hydrogen-bond donors (Lipinski definition) is 7. The molecule has 0 aromatic heterocycles. The van der Waals surface area contributed by atoms with E-state index in [4.69, 9.17) is 28.4 Å². The standard InChI is InChI=1S/C39H64O13/c1-18-7-12-39(47-17-18)19(2)28-25(52-39)14-24-22-6-5-20-13-21(8-10-37(20,3)23(22)9-11-38(24,28)4)48-36-34(32(45)30(43)27(16-41)50-36)51-35-33(46)31(44)29(42)26(15-40)49-35/h18-36,40-46H,5-17H2,1-4H3/t18-,19-,20-,21+,22-,23+,24+,25+,26-,27-,28+,29-,30+,31+,32+,33-,34-,35+,36-,37+,38+,39-/m1/s1. The minimum atomic E-state index is -1.71. The Kier molecular flexibility index (Phi) is 10.4. The van der Waals surface area contributed by atoms with Crippen molar-refractivity contribution in [2.45, 2.75) is 171 Å². The zero-order chi connectivity index (χ0) is 36.9. The molecular formula is C39H64O13. The third-order valence-corrected chi connectivity index (χ3v) is 16.2. The van der Waals surface area contributed by atoms with Crippen LogP contribution in [0.3, 0.4) is 0 Å². The van der Waals surface area contributed by atoms with Gasteiger partial charge in [-0.3, -0.25) is 0 Å². The van der Waals surface area contributed by atoms with Gasteiger partial charge in [-0.2, -0.15) is 0 Å². The molecule has 8 aliphatic rings. The van der Waals surface area contributed by atoms with Gasteiger partial charge in [0.2, 0.25) is 0 Å². The van der Waals surface area contributed by atoms with E-state index in [0.29, 0.717) is 41.4 Å². The predicted octanol–water partition coefficient (Wildman–Crippen LogP) is 1.44. The van der Waals surface area contributed by atoms with E-state index in [0.717, 1.165) is 45.1 Å². The van der Waals surface area contributed by atoms with E-state index in [1.165, 1.54) is 25.7 Å². The smallest absolute Gasteiger partial charge is 0.187 e. The molecule has 0 amide bonds. The van der Waals surface area contributed by atoms with Gasteiger partial charge in [-0.15, -0.1) is 0 Å². The van der Waals surface area contributed by atoms with Crippen molar-refractivity contribution in [1.82, 2.24) is 0 Å². The van der Waals surface area contributed by atoms with Crippen LogP contribution >= 0.6 is 0 Å². The summed E-state index contributed by atoms with van der Waals surface area (Å²) in [7, 11) is 0. The Morgan fingerprint density at radius 3 is 2.06 bits per heavy atom. The molecule has 13 heteroatoms. The first-order valence-corrected chi connectivity index (χ1v) is 20.3. The highest BCUT2D eigenvalue weighted by molar-refractivity contribution is 5.15. The average Bonchev–Trinajstić information content (AvgIpc) is 3.58. The van der Waals surface area contributed by atoms with Crippen LogP contribution in [0.15, 0.2) is 0 Å². The van der Waals surface area contributed by atoms with E-state index in [1.807, 2.05) is 0 Å². The van der Waals surface area contributed by atoms with Gasteiger partial charge in [0.1, 0.15) is 48.8 Å². The highest BCUT2D eigenvalue weighted by Crippen LogP contribution is 2.71. The van der Waals surface area contributed by atoms with Crippen LogP contribution < -0.4 is 0 Å². The molecule has 0 aromatic carbocycles. The Hall–Kier alpha value is -0.520. The molecule has 298 valence electrons. The first kappa shape index (κ1) is 38.4. The molecule has 1 spiro atoms. The molecule has 0 radical (unpaired) electrons. The lowest BCUT2D eigenvalue weighted by Crippen LogP contribution is -2.65. The maximum Gasteiger partial charge on any atom is 0.187 e. The molecule has 4 saturated carbocycles. The third-order valence-electron chi connectivity index (χ3n) is 16.2. The number of rotatable bonds is 6. The molecule has 4 saturated heterocycles. The number of hydrogen-bond acceptors (Lipinski definition) is 13. The molecule has 0 aromatic rings. The van der Waals surface area contributed by atoms with E-state index >= 15 is 0 Å². The van der Waals surface area contributed by atoms with Gasteiger partial charge in [-0.05, 0) is 104 Å².